The highest BCUT2D eigenvalue weighted by molar-refractivity contribution is 6.32. The van der Waals surface area contributed by atoms with Crippen LogP contribution in [0.4, 0.5) is 0 Å². The van der Waals surface area contributed by atoms with Gasteiger partial charge >= 0.3 is 0 Å². The van der Waals surface area contributed by atoms with Gasteiger partial charge in [0.15, 0.2) is 11.5 Å². The summed E-state index contributed by atoms with van der Waals surface area (Å²) >= 11 is 6.17. The maximum atomic E-state index is 8.93. The average molecular weight is 288 g/mol. The van der Waals surface area contributed by atoms with Crippen molar-refractivity contribution in [1.29, 1.82) is 5.26 Å². The first-order valence-corrected chi connectivity index (χ1v) is 6.52. The Morgan fingerprint density at radius 3 is 2.50 bits per heavy atom. The zero-order valence-corrected chi connectivity index (χ0v) is 12.0. The van der Waals surface area contributed by atoms with Crippen molar-refractivity contribution in [3.05, 3.63) is 58.6 Å². The second-order valence-corrected chi connectivity index (χ2v) is 4.68. The molecule has 0 aliphatic rings. The highest BCUT2D eigenvalue weighted by atomic mass is 35.5. The van der Waals surface area contributed by atoms with Crippen LogP contribution in [0.3, 0.4) is 0 Å². The molecule has 2 aromatic rings. The number of hydrogen-bond donors (Lipinski definition) is 0. The van der Waals surface area contributed by atoms with Crippen LogP contribution in [0, 0.1) is 11.3 Å². The van der Waals surface area contributed by atoms with Gasteiger partial charge in [-0.15, -0.1) is 0 Å². The molecule has 0 aliphatic heterocycles. The molecule has 0 bridgehead atoms. The van der Waals surface area contributed by atoms with Crippen molar-refractivity contribution < 1.29 is 9.47 Å². The second kappa shape index (κ2) is 6.31. The van der Waals surface area contributed by atoms with Gasteiger partial charge in [0, 0.05) is 6.07 Å². The maximum absolute atomic E-state index is 8.93. The van der Waals surface area contributed by atoms with Crippen molar-refractivity contribution in [2.24, 2.45) is 0 Å². The molecule has 0 radical (unpaired) electrons. The monoisotopic (exact) mass is 287 g/mol. The summed E-state index contributed by atoms with van der Waals surface area (Å²) in [5.74, 6) is 0.904. The zero-order chi connectivity index (χ0) is 14.5. The molecule has 0 spiro atoms. The second-order valence-electron chi connectivity index (χ2n) is 4.27. The van der Waals surface area contributed by atoms with E-state index in [4.69, 9.17) is 26.3 Å². The van der Waals surface area contributed by atoms with E-state index in [0.29, 0.717) is 22.1 Å². The topological polar surface area (TPSA) is 42.2 Å². The fourth-order valence-corrected chi connectivity index (χ4v) is 2.12. The summed E-state index contributed by atoms with van der Waals surface area (Å²) in [5, 5.41) is 9.29. The lowest BCUT2D eigenvalue weighted by Crippen LogP contribution is -2.04. The first-order chi connectivity index (χ1) is 9.65. The van der Waals surface area contributed by atoms with E-state index in [1.54, 1.807) is 12.1 Å². The quantitative estimate of drug-likeness (QED) is 0.839. The molecule has 0 aliphatic carbocycles. The molecule has 1 unspecified atom stereocenters. The lowest BCUT2D eigenvalue weighted by Gasteiger charge is -2.18. The fraction of sp³-hybridized carbons (Fsp3) is 0.188. The van der Waals surface area contributed by atoms with Gasteiger partial charge < -0.3 is 9.47 Å². The Morgan fingerprint density at radius 2 is 1.90 bits per heavy atom. The van der Waals surface area contributed by atoms with Crippen LogP contribution in [0.5, 0.6) is 11.5 Å². The summed E-state index contributed by atoms with van der Waals surface area (Å²) in [4.78, 5) is 0. The summed E-state index contributed by atoms with van der Waals surface area (Å²) in [6.07, 6.45) is -0.171. The molecule has 0 saturated heterocycles. The van der Waals surface area contributed by atoms with Crippen LogP contribution in [0.25, 0.3) is 0 Å². The number of hydrogen-bond acceptors (Lipinski definition) is 3. The molecule has 0 saturated carbocycles. The van der Waals surface area contributed by atoms with Gasteiger partial charge in [-0.05, 0) is 18.6 Å². The number of nitriles is 1. The minimum atomic E-state index is -0.171. The zero-order valence-electron chi connectivity index (χ0n) is 11.3. The number of methoxy groups -OCH3 is 1. The van der Waals surface area contributed by atoms with Gasteiger partial charge in [-0.2, -0.15) is 5.26 Å². The van der Waals surface area contributed by atoms with Gasteiger partial charge in [0.05, 0.1) is 23.8 Å². The van der Waals surface area contributed by atoms with E-state index in [0.717, 1.165) is 5.56 Å². The third kappa shape index (κ3) is 3.04. The first kappa shape index (κ1) is 14.2. The Morgan fingerprint density at radius 1 is 1.20 bits per heavy atom. The smallest absolute Gasteiger partial charge is 0.180 e. The van der Waals surface area contributed by atoms with Crippen molar-refractivity contribution in [1.82, 2.24) is 0 Å². The highest BCUT2D eigenvalue weighted by Crippen LogP contribution is 2.38. The van der Waals surface area contributed by atoms with E-state index in [9.17, 15) is 0 Å². The Balaban J connectivity index is 2.32. The largest absolute Gasteiger partial charge is 0.493 e. The Bertz CT molecular complexity index is 635. The standard InChI is InChI=1S/C16H14ClNO2/c1-11(13-6-4-3-5-7-13)20-16-14(17)8-12(10-18)9-15(16)19-2/h3-9,11H,1-2H3. The molecule has 1 atom stereocenters. The number of benzene rings is 2. The van der Waals surface area contributed by atoms with Gasteiger partial charge in [0.1, 0.15) is 6.10 Å². The molecule has 0 fully saturated rings. The number of ether oxygens (including phenoxy) is 2. The summed E-state index contributed by atoms with van der Waals surface area (Å²) < 4.78 is 11.1. The van der Waals surface area contributed by atoms with E-state index < -0.39 is 0 Å². The number of rotatable bonds is 4. The first-order valence-electron chi connectivity index (χ1n) is 6.15. The van der Waals surface area contributed by atoms with Crippen molar-refractivity contribution in [3.8, 4) is 17.6 Å². The van der Waals surface area contributed by atoms with Gasteiger partial charge in [-0.25, -0.2) is 0 Å². The van der Waals surface area contributed by atoms with Crippen LogP contribution in [0.15, 0.2) is 42.5 Å². The highest BCUT2D eigenvalue weighted by Gasteiger charge is 2.16. The fourth-order valence-electron chi connectivity index (χ4n) is 1.87. The Kier molecular flexibility index (Phi) is 4.49. The molecule has 3 nitrogen and oxygen atoms in total. The molecule has 0 amide bonds. The summed E-state index contributed by atoms with van der Waals surface area (Å²) in [6, 6.07) is 15.0. The molecular formula is C16H14ClNO2. The number of halogens is 1. The summed E-state index contributed by atoms with van der Waals surface area (Å²) in [5.41, 5.74) is 1.47. The van der Waals surface area contributed by atoms with Crippen LogP contribution in [0.1, 0.15) is 24.2 Å². The minimum Gasteiger partial charge on any atom is -0.493 e. The Labute approximate surface area is 123 Å². The normalized spacial score (nSPS) is 11.5. The van der Waals surface area contributed by atoms with Crippen LogP contribution in [0.2, 0.25) is 5.02 Å². The van der Waals surface area contributed by atoms with Crippen molar-refractivity contribution in [3.63, 3.8) is 0 Å². The van der Waals surface area contributed by atoms with E-state index in [1.165, 1.54) is 7.11 Å². The molecule has 2 rings (SSSR count). The lowest BCUT2D eigenvalue weighted by molar-refractivity contribution is 0.216. The molecule has 4 heteroatoms. The predicted molar refractivity (Wildman–Crippen MR) is 78.2 cm³/mol. The minimum absolute atomic E-state index is 0.171. The maximum Gasteiger partial charge on any atom is 0.180 e. The van der Waals surface area contributed by atoms with Crippen LogP contribution in [-0.4, -0.2) is 7.11 Å². The summed E-state index contributed by atoms with van der Waals surface area (Å²) in [6.45, 7) is 1.93. The van der Waals surface area contributed by atoms with Crippen LogP contribution in [-0.2, 0) is 0 Å². The Hall–Kier alpha value is -2.18. The van der Waals surface area contributed by atoms with E-state index in [-0.39, 0.29) is 6.10 Å². The molecule has 0 aromatic heterocycles. The van der Waals surface area contributed by atoms with Crippen molar-refractivity contribution >= 4 is 11.6 Å². The summed E-state index contributed by atoms with van der Waals surface area (Å²) in [7, 11) is 1.52. The number of nitrogens with zero attached hydrogens (tertiary/aromatic N) is 1. The molecule has 0 N–H and O–H groups in total. The average Bonchev–Trinajstić information content (AvgIpc) is 2.49. The van der Waals surface area contributed by atoms with E-state index >= 15 is 0 Å². The molecule has 102 valence electrons. The lowest BCUT2D eigenvalue weighted by atomic mass is 10.1. The van der Waals surface area contributed by atoms with Crippen molar-refractivity contribution in [2.45, 2.75) is 13.0 Å². The van der Waals surface area contributed by atoms with Crippen molar-refractivity contribution in [2.75, 3.05) is 7.11 Å². The third-order valence-corrected chi connectivity index (χ3v) is 3.20. The van der Waals surface area contributed by atoms with Crippen LogP contribution < -0.4 is 9.47 Å². The molecule has 20 heavy (non-hydrogen) atoms. The molecule has 0 heterocycles. The molecular weight excluding hydrogens is 274 g/mol. The van der Waals surface area contributed by atoms with Crippen LogP contribution >= 0.6 is 11.6 Å². The third-order valence-electron chi connectivity index (χ3n) is 2.92. The van der Waals surface area contributed by atoms with Gasteiger partial charge in [0.2, 0.25) is 0 Å². The predicted octanol–water partition coefficient (Wildman–Crippen LogP) is 4.36. The molecule has 2 aromatic carbocycles. The van der Waals surface area contributed by atoms with Gasteiger partial charge in [-0.3, -0.25) is 0 Å². The van der Waals surface area contributed by atoms with Gasteiger partial charge in [0.25, 0.3) is 0 Å². The van der Waals surface area contributed by atoms with E-state index in [2.05, 4.69) is 0 Å². The van der Waals surface area contributed by atoms with Gasteiger partial charge in [-0.1, -0.05) is 41.9 Å². The SMILES string of the molecule is COc1cc(C#N)cc(Cl)c1OC(C)c1ccccc1. The van der Waals surface area contributed by atoms with E-state index in [1.807, 2.05) is 43.3 Å².